The maximum atomic E-state index is 12.4. The zero-order chi connectivity index (χ0) is 21.0. The maximum Gasteiger partial charge on any atom is 0.243 e. The monoisotopic (exact) mass is 406 g/mol. The van der Waals surface area contributed by atoms with Gasteiger partial charge in [-0.25, -0.2) is 0 Å². The number of ether oxygens (including phenoxy) is 3. The van der Waals surface area contributed by atoms with Gasteiger partial charge >= 0.3 is 0 Å². The van der Waals surface area contributed by atoms with Gasteiger partial charge in [0.25, 0.3) is 0 Å². The Bertz CT molecular complexity index is 931. The van der Waals surface area contributed by atoms with E-state index in [-0.39, 0.29) is 12.5 Å². The highest BCUT2D eigenvalue weighted by Crippen LogP contribution is 2.24. The SMILES string of the molecule is COCCOc1cccc(NC(=O)CNc2ccccc2OCc2ccccc2)c1. The molecule has 0 aliphatic carbocycles. The predicted octanol–water partition coefficient (Wildman–Crippen LogP) is 4.34. The number of anilines is 2. The molecule has 3 aromatic carbocycles. The van der Waals surface area contributed by atoms with Crippen LogP contribution in [0.4, 0.5) is 11.4 Å². The highest BCUT2D eigenvalue weighted by Gasteiger charge is 2.07. The summed E-state index contributed by atoms with van der Waals surface area (Å²) in [4.78, 5) is 12.4. The van der Waals surface area contributed by atoms with E-state index in [1.54, 1.807) is 13.2 Å². The van der Waals surface area contributed by atoms with Crippen molar-refractivity contribution in [3.8, 4) is 11.5 Å². The number of nitrogens with one attached hydrogen (secondary N) is 2. The van der Waals surface area contributed by atoms with Gasteiger partial charge in [0, 0.05) is 18.9 Å². The molecule has 2 N–H and O–H groups in total. The summed E-state index contributed by atoms with van der Waals surface area (Å²) in [6.07, 6.45) is 0. The zero-order valence-electron chi connectivity index (χ0n) is 17.0. The van der Waals surface area contributed by atoms with Gasteiger partial charge in [-0.05, 0) is 29.8 Å². The van der Waals surface area contributed by atoms with Gasteiger partial charge in [0.2, 0.25) is 5.91 Å². The molecule has 0 atom stereocenters. The van der Waals surface area contributed by atoms with E-state index in [4.69, 9.17) is 14.2 Å². The highest BCUT2D eigenvalue weighted by molar-refractivity contribution is 5.94. The summed E-state index contributed by atoms with van der Waals surface area (Å²) in [5.74, 6) is 1.21. The van der Waals surface area contributed by atoms with E-state index >= 15 is 0 Å². The van der Waals surface area contributed by atoms with Gasteiger partial charge in [0.1, 0.15) is 24.7 Å². The topological polar surface area (TPSA) is 68.8 Å². The van der Waals surface area contributed by atoms with Crippen LogP contribution >= 0.6 is 0 Å². The first-order valence-corrected chi connectivity index (χ1v) is 9.76. The summed E-state index contributed by atoms with van der Waals surface area (Å²) in [6.45, 7) is 1.53. The second kappa shape index (κ2) is 11.5. The van der Waals surface area contributed by atoms with Crippen LogP contribution in [0.25, 0.3) is 0 Å². The van der Waals surface area contributed by atoms with Crippen LogP contribution in [0.3, 0.4) is 0 Å². The lowest BCUT2D eigenvalue weighted by Gasteiger charge is -2.14. The molecule has 6 heteroatoms. The van der Waals surface area contributed by atoms with Crippen LogP contribution in [0.2, 0.25) is 0 Å². The predicted molar refractivity (Wildman–Crippen MR) is 118 cm³/mol. The molecule has 3 aromatic rings. The van der Waals surface area contributed by atoms with Crippen molar-refractivity contribution in [1.29, 1.82) is 0 Å². The number of benzene rings is 3. The molecule has 0 fully saturated rings. The van der Waals surface area contributed by atoms with Gasteiger partial charge in [-0.15, -0.1) is 0 Å². The summed E-state index contributed by atoms with van der Waals surface area (Å²) in [5, 5.41) is 6.01. The van der Waals surface area contributed by atoms with Crippen LogP contribution in [0.5, 0.6) is 11.5 Å². The van der Waals surface area contributed by atoms with Gasteiger partial charge in [-0.1, -0.05) is 48.5 Å². The van der Waals surface area contributed by atoms with Gasteiger partial charge < -0.3 is 24.8 Å². The molecular formula is C24H26N2O4. The fourth-order valence-corrected chi connectivity index (χ4v) is 2.76. The van der Waals surface area contributed by atoms with Crippen molar-refractivity contribution in [2.75, 3.05) is 37.5 Å². The summed E-state index contributed by atoms with van der Waals surface area (Å²) < 4.78 is 16.5. The van der Waals surface area contributed by atoms with E-state index in [1.165, 1.54) is 0 Å². The minimum atomic E-state index is -0.165. The Labute approximate surface area is 176 Å². The third-order valence-corrected chi connectivity index (χ3v) is 4.24. The molecule has 30 heavy (non-hydrogen) atoms. The minimum absolute atomic E-state index is 0.112. The average Bonchev–Trinajstić information content (AvgIpc) is 2.78. The van der Waals surface area contributed by atoms with Gasteiger partial charge in [0.15, 0.2) is 0 Å². The molecule has 0 bridgehead atoms. The highest BCUT2D eigenvalue weighted by atomic mass is 16.5. The summed E-state index contributed by atoms with van der Waals surface area (Å²) in [6, 6.07) is 24.8. The van der Waals surface area contributed by atoms with Gasteiger partial charge in [-0.3, -0.25) is 4.79 Å². The lowest BCUT2D eigenvalue weighted by Crippen LogP contribution is -2.22. The number of hydrogen-bond donors (Lipinski definition) is 2. The Morgan fingerprint density at radius 1 is 0.867 bits per heavy atom. The lowest BCUT2D eigenvalue weighted by atomic mass is 10.2. The molecule has 0 spiro atoms. The Morgan fingerprint density at radius 3 is 2.50 bits per heavy atom. The Morgan fingerprint density at radius 2 is 1.67 bits per heavy atom. The van der Waals surface area contributed by atoms with Crippen LogP contribution in [-0.4, -0.2) is 32.8 Å². The van der Waals surface area contributed by atoms with E-state index in [0.717, 1.165) is 11.3 Å². The lowest BCUT2D eigenvalue weighted by molar-refractivity contribution is -0.114. The van der Waals surface area contributed by atoms with Crippen molar-refractivity contribution in [1.82, 2.24) is 0 Å². The molecule has 3 rings (SSSR count). The van der Waals surface area contributed by atoms with Crippen molar-refractivity contribution in [3.63, 3.8) is 0 Å². The molecular weight excluding hydrogens is 380 g/mol. The van der Waals surface area contributed by atoms with Crippen LogP contribution in [0.15, 0.2) is 78.9 Å². The number of amides is 1. The number of carbonyl (C=O) groups is 1. The number of carbonyl (C=O) groups excluding carboxylic acids is 1. The third kappa shape index (κ3) is 6.83. The number of para-hydroxylation sites is 2. The second-order valence-electron chi connectivity index (χ2n) is 6.54. The fourth-order valence-electron chi connectivity index (χ4n) is 2.76. The van der Waals surface area contributed by atoms with Crippen molar-refractivity contribution in [2.45, 2.75) is 6.61 Å². The molecule has 0 aromatic heterocycles. The Hall–Kier alpha value is -3.51. The van der Waals surface area contributed by atoms with E-state index in [2.05, 4.69) is 10.6 Å². The second-order valence-corrected chi connectivity index (χ2v) is 6.54. The van der Waals surface area contributed by atoms with Crippen molar-refractivity contribution in [3.05, 3.63) is 84.4 Å². The number of rotatable bonds is 11. The smallest absolute Gasteiger partial charge is 0.243 e. The first kappa shape index (κ1) is 21.2. The molecule has 0 heterocycles. The summed E-state index contributed by atoms with van der Waals surface area (Å²) in [5.41, 5.74) is 2.52. The zero-order valence-corrected chi connectivity index (χ0v) is 17.0. The largest absolute Gasteiger partial charge is 0.491 e. The molecule has 0 saturated carbocycles. The van der Waals surface area contributed by atoms with Gasteiger partial charge in [0.05, 0.1) is 18.8 Å². The normalized spacial score (nSPS) is 10.3. The Kier molecular flexibility index (Phi) is 8.12. The van der Waals surface area contributed by atoms with E-state index in [0.29, 0.717) is 37.0 Å². The fraction of sp³-hybridized carbons (Fsp3) is 0.208. The maximum absolute atomic E-state index is 12.4. The molecule has 0 radical (unpaired) electrons. The molecule has 0 aliphatic heterocycles. The van der Waals surface area contributed by atoms with Gasteiger partial charge in [-0.2, -0.15) is 0 Å². The number of hydrogen-bond acceptors (Lipinski definition) is 5. The molecule has 1 amide bonds. The van der Waals surface area contributed by atoms with Crippen LogP contribution < -0.4 is 20.1 Å². The standard InChI is InChI=1S/C24H26N2O4/c1-28-14-15-29-21-11-7-10-20(16-21)26-24(27)17-25-22-12-5-6-13-23(22)30-18-19-8-3-2-4-9-19/h2-13,16,25H,14-15,17-18H2,1H3,(H,26,27). The molecule has 0 unspecified atom stereocenters. The molecule has 0 aliphatic rings. The first-order chi connectivity index (χ1) is 14.7. The summed E-state index contributed by atoms with van der Waals surface area (Å²) >= 11 is 0. The third-order valence-electron chi connectivity index (χ3n) is 4.24. The molecule has 0 saturated heterocycles. The van der Waals surface area contributed by atoms with Crippen LogP contribution in [-0.2, 0) is 16.1 Å². The average molecular weight is 406 g/mol. The van der Waals surface area contributed by atoms with Crippen LogP contribution in [0, 0.1) is 0 Å². The van der Waals surface area contributed by atoms with Crippen molar-refractivity contribution in [2.24, 2.45) is 0 Å². The Balaban J connectivity index is 1.52. The summed E-state index contributed by atoms with van der Waals surface area (Å²) in [7, 11) is 1.62. The minimum Gasteiger partial charge on any atom is -0.491 e. The van der Waals surface area contributed by atoms with E-state index in [9.17, 15) is 4.79 Å². The quantitative estimate of drug-likeness (QED) is 0.464. The molecule has 6 nitrogen and oxygen atoms in total. The van der Waals surface area contributed by atoms with E-state index < -0.39 is 0 Å². The van der Waals surface area contributed by atoms with E-state index in [1.807, 2.05) is 72.8 Å². The molecule has 156 valence electrons. The van der Waals surface area contributed by atoms with Crippen molar-refractivity contribution >= 4 is 17.3 Å². The van der Waals surface area contributed by atoms with Crippen LogP contribution in [0.1, 0.15) is 5.56 Å². The number of methoxy groups -OCH3 is 1. The first-order valence-electron chi connectivity index (χ1n) is 9.76. The van der Waals surface area contributed by atoms with Crippen molar-refractivity contribution < 1.29 is 19.0 Å².